The summed E-state index contributed by atoms with van der Waals surface area (Å²) in [6, 6.07) is 3.80. The summed E-state index contributed by atoms with van der Waals surface area (Å²) in [7, 11) is 0. The van der Waals surface area contributed by atoms with Gasteiger partial charge in [0.25, 0.3) is 5.91 Å². The van der Waals surface area contributed by atoms with Crippen molar-refractivity contribution in [3.05, 3.63) is 28.8 Å². The van der Waals surface area contributed by atoms with Gasteiger partial charge in [-0.3, -0.25) is 14.5 Å². The minimum Gasteiger partial charge on any atom is -0.506 e. The number of hydrogen-bond donors (Lipinski definition) is 2. The molecule has 114 valence electrons. The van der Waals surface area contributed by atoms with E-state index in [9.17, 15) is 14.7 Å². The summed E-state index contributed by atoms with van der Waals surface area (Å²) in [5.41, 5.74) is 0.414. The van der Waals surface area contributed by atoms with Crippen molar-refractivity contribution in [1.29, 1.82) is 0 Å². The van der Waals surface area contributed by atoms with E-state index in [-0.39, 0.29) is 16.7 Å². The predicted molar refractivity (Wildman–Crippen MR) is 77.7 cm³/mol. The minimum atomic E-state index is -0.861. The maximum Gasteiger partial charge on any atom is 0.320 e. The van der Waals surface area contributed by atoms with E-state index < -0.39 is 12.0 Å². The summed E-state index contributed by atoms with van der Waals surface area (Å²) >= 11 is 5.80. The van der Waals surface area contributed by atoms with Gasteiger partial charge in [-0.25, -0.2) is 0 Å². The molecular formula is C14H17ClN2O4. The molecule has 21 heavy (non-hydrogen) atoms. The van der Waals surface area contributed by atoms with Crippen molar-refractivity contribution < 1.29 is 19.8 Å². The molecule has 0 bridgehead atoms. The highest BCUT2D eigenvalue weighted by atomic mass is 35.5. The van der Waals surface area contributed by atoms with Crippen LogP contribution in [0.4, 0.5) is 0 Å². The monoisotopic (exact) mass is 312 g/mol. The zero-order valence-electron chi connectivity index (χ0n) is 11.6. The Kier molecular flexibility index (Phi) is 4.69. The number of amides is 1. The van der Waals surface area contributed by atoms with Gasteiger partial charge in [0.2, 0.25) is 0 Å². The standard InChI is InChI=1S/C14H17ClN2O4/c1-9(14(20)21)16-4-6-17(7-5-16)13(19)10-2-3-12(18)11(15)8-10/h2-3,8-9,18H,4-7H2,1H3,(H,20,21). The van der Waals surface area contributed by atoms with Crippen LogP contribution in [-0.4, -0.2) is 64.1 Å². The number of aliphatic carboxylic acids is 1. The topological polar surface area (TPSA) is 81.1 Å². The fourth-order valence-electron chi connectivity index (χ4n) is 2.29. The molecule has 1 heterocycles. The van der Waals surface area contributed by atoms with Crippen molar-refractivity contribution in [1.82, 2.24) is 9.80 Å². The average Bonchev–Trinajstić information content (AvgIpc) is 2.48. The Morgan fingerprint density at radius 2 is 1.86 bits per heavy atom. The number of aromatic hydroxyl groups is 1. The van der Waals surface area contributed by atoms with Crippen LogP contribution in [0.2, 0.25) is 5.02 Å². The molecule has 1 saturated heterocycles. The third-order valence-corrected chi connectivity index (χ3v) is 4.00. The normalized spacial score (nSPS) is 17.5. The number of hydrogen-bond acceptors (Lipinski definition) is 4. The number of phenolic OH excluding ortho intramolecular Hbond substituents is 1. The quantitative estimate of drug-likeness (QED) is 0.878. The molecule has 1 atom stereocenters. The molecular weight excluding hydrogens is 296 g/mol. The highest BCUT2D eigenvalue weighted by Crippen LogP contribution is 2.24. The number of piperazine rings is 1. The molecule has 1 aromatic carbocycles. The molecule has 0 spiro atoms. The highest BCUT2D eigenvalue weighted by Gasteiger charge is 2.27. The molecule has 0 aromatic heterocycles. The Morgan fingerprint density at radius 3 is 2.38 bits per heavy atom. The fraction of sp³-hybridized carbons (Fsp3) is 0.429. The Bertz CT molecular complexity index is 556. The van der Waals surface area contributed by atoms with Crippen molar-refractivity contribution in [2.24, 2.45) is 0 Å². The number of carbonyl (C=O) groups excluding carboxylic acids is 1. The zero-order chi connectivity index (χ0) is 15.6. The minimum absolute atomic E-state index is 0.0617. The van der Waals surface area contributed by atoms with E-state index in [2.05, 4.69) is 0 Å². The molecule has 1 unspecified atom stereocenters. The van der Waals surface area contributed by atoms with E-state index >= 15 is 0 Å². The van der Waals surface area contributed by atoms with Crippen LogP contribution in [0.1, 0.15) is 17.3 Å². The van der Waals surface area contributed by atoms with Gasteiger partial charge in [0.1, 0.15) is 11.8 Å². The van der Waals surface area contributed by atoms with Crippen LogP contribution in [0.15, 0.2) is 18.2 Å². The van der Waals surface area contributed by atoms with Gasteiger partial charge in [-0.1, -0.05) is 11.6 Å². The molecule has 1 fully saturated rings. The van der Waals surface area contributed by atoms with Crippen molar-refractivity contribution in [3.8, 4) is 5.75 Å². The Balaban J connectivity index is 2.00. The zero-order valence-corrected chi connectivity index (χ0v) is 12.4. The van der Waals surface area contributed by atoms with Crippen molar-refractivity contribution >= 4 is 23.5 Å². The van der Waals surface area contributed by atoms with Gasteiger partial charge in [-0.15, -0.1) is 0 Å². The second kappa shape index (κ2) is 6.32. The number of nitrogens with zero attached hydrogens (tertiary/aromatic N) is 2. The van der Waals surface area contributed by atoms with Gasteiger partial charge < -0.3 is 15.1 Å². The Morgan fingerprint density at radius 1 is 1.24 bits per heavy atom. The van der Waals surface area contributed by atoms with Crippen molar-refractivity contribution in [2.45, 2.75) is 13.0 Å². The van der Waals surface area contributed by atoms with Gasteiger partial charge in [-0.05, 0) is 25.1 Å². The molecule has 0 radical (unpaired) electrons. The van der Waals surface area contributed by atoms with Crippen molar-refractivity contribution in [3.63, 3.8) is 0 Å². The number of carboxylic acids is 1. The van der Waals surface area contributed by atoms with E-state index in [0.29, 0.717) is 31.7 Å². The summed E-state index contributed by atoms with van der Waals surface area (Å²) < 4.78 is 0. The van der Waals surface area contributed by atoms with Crippen LogP contribution in [0, 0.1) is 0 Å². The molecule has 2 rings (SSSR count). The fourth-order valence-corrected chi connectivity index (χ4v) is 2.47. The summed E-state index contributed by atoms with van der Waals surface area (Å²) in [5, 5.41) is 18.5. The van der Waals surface area contributed by atoms with Gasteiger partial charge in [0, 0.05) is 31.7 Å². The number of carboxylic acid groups (broad SMARTS) is 1. The lowest BCUT2D eigenvalue weighted by molar-refractivity contribution is -0.143. The Hall–Kier alpha value is -1.79. The number of halogens is 1. The molecule has 1 aliphatic rings. The van der Waals surface area contributed by atoms with Crippen LogP contribution in [0.3, 0.4) is 0 Å². The first-order chi connectivity index (χ1) is 9.90. The third-order valence-electron chi connectivity index (χ3n) is 3.70. The predicted octanol–water partition coefficient (Wildman–Crippen LogP) is 1.28. The molecule has 1 amide bonds. The molecule has 1 aliphatic heterocycles. The summed E-state index contributed by atoms with van der Waals surface area (Å²) in [5.74, 6) is -1.09. The van der Waals surface area contributed by atoms with Gasteiger partial charge in [0.05, 0.1) is 5.02 Å². The van der Waals surface area contributed by atoms with Crippen LogP contribution in [-0.2, 0) is 4.79 Å². The van der Waals surface area contributed by atoms with Gasteiger partial charge in [0.15, 0.2) is 0 Å². The van der Waals surface area contributed by atoms with Gasteiger partial charge in [-0.2, -0.15) is 0 Å². The molecule has 2 N–H and O–H groups in total. The maximum atomic E-state index is 12.3. The number of benzene rings is 1. The summed E-state index contributed by atoms with van der Waals surface area (Å²) in [4.78, 5) is 26.8. The molecule has 7 heteroatoms. The number of carbonyl (C=O) groups is 2. The first-order valence-electron chi connectivity index (χ1n) is 6.65. The van der Waals surface area contributed by atoms with Crippen molar-refractivity contribution in [2.75, 3.05) is 26.2 Å². The number of rotatable bonds is 3. The molecule has 0 aliphatic carbocycles. The average molecular weight is 313 g/mol. The van der Waals surface area contributed by atoms with Gasteiger partial charge >= 0.3 is 5.97 Å². The van der Waals surface area contributed by atoms with E-state index in [1.165, 1.54) is 18.2 Å². The van der Waals surface area contributed by atoms with E-state index in [1.807, 2.05) is 4.90 Å². The highest BCUT2D eigenvalue weighted by molar-refractivity contribution is 6.32. The maximum absolute atomic E-state index is 12.3. The lowest BCUT2D eigenvalue weighted by atomic mass is 10.1. The van der Waals surface area contributed by atoms with Crippen LogP contribution in [0.25, 0.3) is 0 Å². The first-order valence-corrected chi connectivity index (χ1v) is 7.02. The smallest absolute Gasteiger partial charge is 0.320 e. The third kappa shape index (κ3) is 3.46. The molecule has 6 nitrogen and oxygen atoms in total. The lowest BCUT2D eigenvalue weighted by Crippen LogP contribution is -2.53. The van der Waals surface area contributed by atoms with E-state index in [0.717, 1.165) is 0 Å². The number of phenols is 1. The summed E-state index contributed by atoms with van der Waals surface area (Å²) in [6.45, 7) is 3.61. The first kappa shape index (κ1) is 15.6. The van der Waals surface area contributed by atoms with Crippen LogP contribution >= 0.6 is 11.6 Å². The largest absolute Gasteiger partial charge is 0.506 e. The summed E-state index contributed by atoms with van der Waals surface area (Å²) in [6.07, 6.45) is 0. The van der Waals surface area contributed by atoms with E-state index in [4.69, 9.17) is 16.7 Å². The molecule has 1 aromatic rings. The van der Waals surface area contributed by atoms with Crippen LogP contribution < -0.4 is 0 Å². The Labute approximate surface area is 127 Å². The molecule has 0 saturated carbocycles. The lowest BCUT2D eigenvalue weighted by Gasteiger charge is -2.36. The van der Waals surface area contributed by atoms with Crippen LogP contribution in [0.5, 0.6) is 5.75 Å². The second-order valence-corrected chi connectivity index (χ2v) is 5.42. The van der Waals surface area contributed by atoms with E-state index in [1.54, 1.807) is 11.8 Å². The second-order valence-electron chi connectivity index (χ2n) is 5.01. The SMILES string of the molecule is CC(C(=O)O)N1CCN(C(=O)c2ccc(O)c(Cl)c2)CC1.